The maximum atomic E-state index is 13.6. The van der Waals surface area contributed by atoms with Crippen LogP contribution < -0.4 is 20.7 Å². The lowest BCUT2D eigenvalue weighted by Crippen LogP contribution is -2.38. The lowest BCUT2D eigenvalue weighted by Gasteiger charge is -2.23. The number of halogens is 1. The van der Waals surface area contributed by atoms with E-state index in [2.05, 4.69) is 15.2 Å². The molecular weight excluding hydrogens is 464 g/mol. The lowest BCUT2D eigenvalue weighted by atomic mass is 10.1. The van der Waals surface area contributed by atoms with Crippen LogP contribution in [0, 0.1) is 0 Å². The van der Waals surface area contributed by atoms with Gasteiger partial charge in [0, 0.05) is 58.3 Å². The molecule has 0 spiro atoms. The zero-order valence-corrected chi connectivity index (χ0v) is 21.7. The van der Waals surface area contributed by atoms with Crippen molar-refractivity contribution in [1.82, 2.24) is 14.5 Å². The highest BCUT2D eigenvalue weighted by atomic mass is 35.5. The molecule has 0 amide bonds. The molecule has 8 nitrogen and oxygen atoms in total. The van der Waals surface area contributed by atoms with Crippen molar-refractivity contribution in [3.63, 3.8) is 0 Å². The van der Waals surface area contributed by atoms with Gasteiger partial charge in [-0.05, 0) is 43.7 Å². The number of aromatic nitrogens is 3. The molecule has 4 rings (SSSR count). The lowest BCUT2D eigenvalue weighted by molar-refractivity contribution is 0.0719. The van der Waals surface area contributed by atoms with Crippen LogP contribution >= 0.6 is 11.6 Å². The van der Waals surface area contributed by atoms with E-state index < -0.39 is 0 Å². The molecule has 186 valence electrons. The molecule has 0 radical (unpaired) electrons. The van der Waals surface area contributed by atoms with Gasteiger partial charge < -0.3 is 19.9 Å². The number of ether oxygens (including phenoxy) is 1. The van der Waals surface area contributed by atoms with Crippen LogP contribution in [0.15, 0.2) is 47.4 Å². The molecule has 3 aromatic rings. The smallest absolute Gasteiger partial charge is 0.277 e. The highest BCUT2D eigenvalue weighted by Gasteiger charge is 2.35. The first kappa shape index (κ1) is 25.0. The fourth-order valence-electron chi connectivity index (χ4n) is 4.46. The zero-order chi connectivity index (χ0) is 25.1. The highest BCUT2D eigenvalue weighted by molar-refractivity contribution is 6.33. The third-order valence-corrected chi connectivity index (χ3v) is 6.67. The van der Waals surface area contributed by atoms with E-state index in [1.165, 1.54) is 0 Å². The van der Waals surface area contributed by atoms with Gasteiger partial charge in [-0.3, -0.25) is 9.36 Å². The molecule has 1 saturated heterocycles. The summed E-state index contributed by atoms with van der Waals surface area (Å²) in [5, 5.41) is 4.05. The van der Waals surface area contributed by atoms with Crippen LogP contribution in [-0.4, -0.2) is 60.5 Å². The number of hydrogen-bond acceptors (Lipinski definition) is 7. The van der Waals surface area contributed by atoms with E-state index in [-0.39, 0.29) is 17.7 Å². The summed E-state index contributed by atoms with van der Waals surface area (Å²) in [6.45, 7) is 5.95. The van der Waals surface area contributed by atoms with Gasteiger partial charge in [0.25, 0.3) is 5.56 Å². The van der Waals surface area contributed by atoms with Gasteiger partial charge in [-0.2, -0.15) is 0 Å². The first-order valence-electron chi connectivity index (χ1n) is 11.9. The van der Waals surface area contributed by atoms with Gasteiger partial charge in [0.1, 0.15) is 17.3 Å². The molecule has 35 heavy (non-hydrogen) atoms. The van der Waals surface area contributed by atoms with Gasteiger partial charge in [0.05, 0.1) is 22.9 Å². The quantitative estimate of drug-likeness (QED) is 0.508. The Morgan fingerprint density at radius 1 is 1.20 bits per heavy atom. The maximum absolute atomic E-state index is 13.6. The molecule has 1 unspecified atom stereocenters. The number of pyridine rings is 1. The average Bonchev–Trinajstić information content (AvgIpc) is 3.25. The number of benzene rings is 1. The number of rotatable bonds is 8. The van der Waals surface area contributed by atoms with Crippen LogP contribution in [0.3, 0.4) is 0 Å². The number of nitrogens with zero attached hydrogens (tertiary/aromatic N) is 5. The first-order chi connectivity index (χ1) is 16.8. The molecule has 1 fully saturated rings. The van der Waals surface area contributed by atoms with Crippen molar-refractivity contribution in [1.29, 1.82) is 0 Å². The molecule has 0 bridgehead atoms. The Kier molecular flexibility index (Phi) is 7.62. The van der Waals surface area contributed by atoms with Crippen LogP contribution in [0.4, 0.5) is 17.2 Å². The fourth-order valence-corrected chi connectivity index (χ4v) is 4.72. The maximum Gasteiger partial charge on any atom is 0.277 e. The van der Waals surface area contributed by atoms with Gasteiger partial charge in [-0.15, -0.1) is 0 Å². The third-order valence-electron chi connectivity index (χ3n) is 6.36. The molecule has 2 aromatic heterocycles. The molecular formula is C26H33ClN6O2. The van der Waals surface area contributed by atoms with Gasteiger partial charge >= 0.3 is 0 Å². The largest absolute Gasteiger partial charge is 0.378 e. The second-order valence-corrected chi connectivity index (χ2v) is 9.28. The summed E-state index contributed by atoms with van der Waals surface area (Å²) < 4.78 is 7.61. The van der Waals surface area contributed by atoms with Gasteiger partial charge in [0.2, 0.25) is 0 Å². The molecule has 1 aliphatic rings. The van der Waals surface area contributed by atoms with Crippen LogP contribution in [0.1, 0.15) is 19.5 Å². The normalized spacial score (nSPS) is 17.6. The van der Waals surface area contributed by atoms with Gasteiger partial charge in [-0.25, -0.2) is 9.97 Å². The predicted octanol–water partition coefficient (Wildman–Crippen LogP) is 3.83. The Balaban J connectivity index is 1.68. The Morgan fingerprint density at radius 2 is 2.00 bits per heavy atom. The summed E-state index contributed by atoms with van der Waals surface area (Å²) in [5.41, 5.74) is 2.80. The SMILES string of the molecule is CCO[C@H]1CN(c2ccccn2)CC1Nc1c(CC)nc(-c2ccc(N(C)C)cc2Cl)n(C)c1=O. The average molecular weight is 497 g/mol. The second kappa shape index (κ2) is 10.7. The summed E-state index contributed by atoms with van der Waals surface area (Å²) in [6.07, 6.45) is 2.31. The van der Waals surface area contributed by atoms with Crippen LogP contribution in [0.2, 0.25) is 5.02 Å². The van der Waals surface area contributed by atoms with E-state index in [1.54, 1.807) is 17.8 Å². The number of nitrogens with one attached hydrogen (secondary N) is 1. The highest BCUT2D eigenvalue weighted by Crippen LogP contribution is 2.31. The minimum atomic E-state index is -0.133. The number of aryl methyl sites for hydroxylation is 1. The van der Waals surface area contributed by atoms with E-state index in [0.29, 0.717) is 48.3 Å². The van der Waals surface area contributed by atoms with Crippen molar-refractivity contribution in [2.24, 2.45) is 7.05 Å². The molecule has 2 atom stereocenters. The predicted molar refractivity (Wildman–Crippen MR) is 143 cm³/mol. The standard InChI is InChI=1S/C26H33ClN6O2/c1-6-20-24(29-21-15-33(16-22(21)35-7-2)23-10-8-9-13-28-23)26(34)32(5)25(30-20)18-12-11-17(31(3)4)14-19(18)27/h8-14,21-22,29H,6-7,15-16H2,1-5H3/t21?,22-/m0/s1. The molecule has 1 aromatic carbocycles. The zero-order valence-electron chi connectivity index (χ0n) is 21.0. The molecule has 0 saturated carbocycles. The summed E-state index contributed by atoms with van der Waals surface area (Å²) in [7, 11) is 5.66. The van der Waals surface area contributed by atoms with Crippen LogP contribution in [0.25, 0.3) is 11.4 Å². The Morgan fingerprint density at radius 3 is 2.63 bits per heavy atom. The van der Waals surface area contributed by atoms with E-state index in [1.807, 2.05) is 69.2 Å². The summed E-state index contributed by atoms with van der Waals surface area (Å²) in [4.78, 5) is 27.1. The van der Waals surface area contributed by atoms with Gasteiger partial charge in [0.15, 0.2) is 0 Å². The minimum absolute atomic E-state index is 0.0782. The van der Waals surface area contributed by atoms with Gasteiger partial charge in [-0.1, -0.05) is 24.6 Å². The van der Waals surface area contributed by atoms with E-state index in [9.17, 15) is 4.79 Å². The Bertz CT molecular complexity index is 1230. The summed E-state index contributed by atoms with van der Waals surface area (Å²) >= 11 is 6.61. The van der Waals surface area contributed by atoms with E-state index in [4.69, 9.17) is 21.3 Å². The fraction of sp³-hybridized carbons (Fsp3) is 0.423. The first-order valence-corrected chi connectivity index (χ1v) is 12.3. The number of hydrogen-bond donors (Lipinski definition) is 1. The van der Waals surface area contributed by atoms with Crippen molar-refractivity contribution in [3.05, 3.63) is 63.7 Å². The van der Waals surface area contributed by atoms with Crippen LogP contribution in [0.5, 0.6) is 0 Å². The Labute approximate surface area is 211 Å². The minimum Gasteiger partial charge on any atom is -0.378 e. The molecule has 9 heteroatoms. The van der Waals surface area contributed by atoms with Crippen molar-refractivity contribution in [3.8, 4) is 11.4 Å². The molecule has 0 aliphatic carbocycles. The van der Waals surface area contributed by atoms with Crippen molar-refractivity contribution >= 4 is 28.8 Å². The van der Waals surface area contributed by atoms with Crippen molar-refractivity contribution in [2.45, 2.75) is 32.4 Å². The molecule has 1 aliphatic heterocycles. The third kappa shape index (κ3) is 5.13. The monoisotopic (exact) mass is 496 g/mol. The summed E-state index contributed by atoms with van der Waals surface area (Å²) in [5.74, 6) is 1.45. The van der Waals surface area contributed by atoms with Crippen molar-refractivity contribution in [2.75, 3.05) is 48.9 Å². The van der Waals surface area contributed by atoms with Crippen LogP contribution in [-0.2, 0) is 18.2 Å². The van der Waals surface area contributed by atoms with E-state index in [0.717, 1.165) is 17.1 Å². The summed E-state index contributed by atoms with van der Waals surface area (Å²) in [6, 6.07) is 11.6. The Hall–Kier alpha value is -3.10. The number of anilines is 3. The molecule has 1 N–H and O–H groups in total. The topological polar surface area (TPSA) is 75.5 Å². The molecule has 3 heterocycles. The van der Waals surface area contributed by atoms with Crippen molar-refractivity contribution < 1.29 is 4.74 Å². The second-order valence-electron chi connectivity index (χ2n) is 8.87. The van der Waals surface area contributed by atoms with E-state index >= 15 is 0 Å².